The number of halogens is 2. The molecule has 3 rings (SSSR count). The Bertz CT molecular complexity index is 1270. The van der Waals surface area contributed by atoms with Crippen molar-refractivity contribution in [3.63, 3.8) is 0 Å². The predicted octanol–water partition coefficient (Wildman–Crippen LogP) is 2.26. The van der Waals surface area contributed by atoms with E-state index in [0.29, 0.717) is 5.75 Å². The Morgan fingerprint density at radius 1 is 1.35 bits per heavy atom. The van der Waals surface area contributed by atoms with Gasteiger partial charge >= 0.3 is 18.3 Å². The van der Waals surface area contributed by atoms with Crippen molar-refractivity contribution in [3.05, 3.63) is 62.9 Å². The Hall–Kier alpha value is -2.12. The topological polar surface area (TPSA) is 141 Å². The van der Waals surface area contributed by atoms with Gasteiger partial charge in [0.1, 0.15) is 24.0 Å². The fourth-order valence-corrected chi connectivity index (χ4v) is 6.09. The SMILES string of the molecule is Cc1cn([C@@H]2O[C@H](CO[P@](=S)(N[C@H](C)C(=O)OC(C)C)Oc3ccccc3)[C@@H](O)[C@@]2(F)Cl)c(=O)[nH]c1=O. The van der Waals surface area contributed by atoms with Crippen molar-refractivity contribution in [2.24, 2.45) is 0 Å². The second kappa shape index (κ2) is 11.7. The number of H-pyrrole nitrogens is 1. The Morgan fingerprint density at radius 2 is 2.00 bits per heavy atom. The number of hydrogen-bond donors (Lipinski definition) is 3. The highest BCUT2D eigenvalue weighted by Crippen LogP contribution is 2.48. The number of aromatic nitrogens is 2. The predicted molar refractivity (Wildman–Crippen MR) is 137 cm³/mol. The van der Waals surface area contributed by atoms with Gasteiger partial charge in [0.25, 0.3) is 10.7 Å². The van der Waals surface area contributed by atoms with Crippen LogP contribution in [0.4, 0.5) is 4.39 Å². The third-order valence-corrected chi connectivity index (χ3v) is 8.12. The number of hydrogen-bond acceptors (Lipinski definition) is 9. The lowest BCUT2D eigenvalue weighted by Crippen LogP contribution is -2.42. The van der Waals surface area contributed by atoms with E-state index in [-0.39, 0.29) is 11.7 Å². The largest absolute Gasteiger partial charge is 0.462 e. The average molecular weight is 580 g/mol. The molecule has 1 fully saturated rings. The van der Waals surface area contributed by atoms with E-state index in [9.17, 15) is 19.5 Å². The molecule has 6 atom stereocenters. The zero-order chi connectivity index (χ0) is 27.5. The van der Waals surface area contributed by atoms with Crippen molar-refractivity contribution < 1.29 is 32.8 Å². The summed E-state index contributed by atoms with van der Waals surface area (Å²) in [6.45, 7) is 2.26. The van der Waals surface area contributed by atoms with Gasteiger partial charge in [-0.25, -0.2) is 14.3 Å². The number of nitrogens with zero attached hydrogens (tertiary/aromatic N) is 1. The summed E-state index contributed by atoms with van der Waals surface area (Å²) in [7, 11) is 0. The van der Waals surface area contributed by atoms with E-state index in [0.717, 1.165) is 10.8 Å². The molecule has 0 radical (unpaired) electrons. The number of benzene rings is 1. The highest BCUT2D eigenvalue weighted by molar-refractivity contribution is 8.09. The molecule has 1 aromatic carbocycles. The minimum absolute atomic E-state index is 0.100. The van der Waals surface area contributed by atoms with Gasteiger partial charge < -0.3 is 23.6 Å². The Morgan fingerprint density at radius 3 is 2.62 bits per heavy atom. The van der Waals surface area contributed by atoms with Crippen LogP contribution in [0.1, 0.15) is 32.6 Å². The normalized spacial score (nSPS) is 26.0. The summed E-state index contributed by atoms with van der Waals surface area (Å²) in [5.41, 5.74) is -1.54. The van der Waals surface area contributed by atoms with E-state index < -0.39 is 60.1 Å². The van der Waals surface area contributed by atoms with E-state index in [1.807, 2.05) is 4.98 Å². The number of para-hydroxylation sites is 1. The van der Waals surface area contributed by atoms with E-state index in [2.05, 4.69) is 5.09 Å². The number of rotatable bonds is 10. The van der Waals surface area contributed by atoms with Crippen molar-refractivity contribution in [2.75, 3.05) is 6.61 Å². The average Bonchev–Trinajstić information content (AvgIpc) is 3.03. The number of nitrogens with one attached hydrogen (secondary N) is 2. The summed E-state index contributed by atoms with van der Waals surface area (Å²) in [5.74, 6) is -0.265. The maximum absolute atomic E-state index is 15.4. The number of carbonyl (C=O) groups excluding carboxylic acids is 1. The molecule has 3 N–H and O–H groups in total. The van der Waals surface area contributed by atoms with Crippen LogP contribution in [0, 0.1) is 6.92 Å². The summed E-state index contributed by atoms with van der Waals surface area (Å²) in [4.78, 5) is 38.3. The lowest BCUT2D eigenvalue weighted by atomic mass is 10.1. The van der Waals surface area contributed by atoms with Gasteiger partial charge in [-0.1, -0.05) is 29.8 Å². The molecule has 204 valence electrons. The molecule has 1 aliphatic heterocycles. The van der Waals surface area contributed by atoms with Gasteiger partial charge in [-0.2, -0.15) is 0 Å². The zero-order valence-corrected chi connectivity index (χ0v) is 22.9. The lowest BCUT2D eigenvalue weighted by molar-refractivity contribution is -0.149. The molecule has 2 heterocycles. The monoisotopic (exact) mass is 579 g/mol. The standard InChI is InChI=1S/C22H28ClFN3O8PS/c1-12(2)33-19(30)14(4)26-36(37,35-15-8-6-5-7-9-15)32-11-16-17(28)22(23,24)20(34-16)27-10-13(3)18(29)25-21(27)31/h5-10,12,14,16-17,20,28H,11H2,1-4H3,(H,26,37)(H,25,29,31)/t14-,16-,17-,20-,22+,36-/m1/s1. The van der Waals surface area contributed by atoms with E-state index in [1.165, 1.54) is 13.8 Å². The van der Waals surface area contributed by atoms with Gasteiger partial charge in [-0.05, 0) is 51.6 Å². The number of alkyl halides is 2. The van der Waals surface area contributed by atoms with Crippen LogP contribution in [0.15, 0.2) is 46.1 Å². The Labute approximate surface area is 222 Å². The second-order valence-corrected chi connectivity index (χ2v) is 12.4. The second-order valence-electron chi connectivity index (χ2n) is 8.66. The van der Waals surface area contributed by atoms with Crippen LogP contribution in [-0.4, -0.2) is 56.7 Å². The number of carbonyl (C=O) groups is 1. The number of aryl methyl sites for hydroxylation is 1. The Balaban J connectivity index is 1.82. The quantitative estimate of drug-likeness (QED) is 0.218. The maximum Gasteiger partial charge on any atom is 0.330 e. The fourth-order valence-electron chi connectivity index (χ4n) is 3.37. The van der Waals surface area contributed by atoms with Gasteiger partial charge in [0.15, 0.2) is 6.23 Å². The highest BCUT2D eigenvalue weighted by atomic mass is 35.5. The van der Waals surface area contributed by atoms with Crippen LogP contribution >= 0.6 is 18.2 Å². The van der Waals surface area contributed by atoms with E-state index in [4.69, 9.17) is 41.9 Å². The number of esters is 1. The zero-order valence-electron chi connectivity index (χ0n) is 20.4. The first kappa shape index (κ1) is 29.4. The summed E-state index contributed by atoms with van der Waals surface area (Å²) in [6.07, 6.45) is -4.44. The molecule has 0 spiro atoms. The molecule has 0 aliphatic carbocycles. The van der Waals surface area contributed by atoms with Crippen molar-refractivity contribution in [3.8, 4) is 5.75 Å². The van der Waals surface area contributed by atoms with Gasteiger partial charge in [0.2, 0.25) is 0 Å². The van der Waals surface area contributed by atoms with Crippen molar-refractivity contribution >= 4 is 36.0 Å². The summed E-state index contributed by atoms with van der Waals surface area (Å²) < 4.78 is 38.5. The molecule has 2 aromatic rings. The molecule has 1 aliphatic rings. The van der Waals surface area contributed by atoms with Crippen LogP contribution in [0.5, 0.6) is 5.75 Å². The maximum atomic E-state index is 15.4. The number of aliphatic hydroxyl groups excluding tert-OH is 1. The molecular formula is C22H28ClFN3O8PS. The number of aromatic amines is 1. The molecule has 0 bridgehead atoms. The van der Waals surface area contributed by atoms with Crippen LogP contribution in [-0.2, 0) is 30.6 Å². The first-order valence-corrected chi connectivity index (χ1v) is 14.3. The third kappa shape index (κ3) is 7.05. The molecule has 15 heteroatoms. The summed E-state index contributed by atoms with van der Waals surface area (Å²) >= 11 is 11.5. The van der Waals surface area contributed by atoms with Crippen molar-refractivity contribution in [2.45, 2.75) is 63.4 Å². The third-order valence-electron chi connectivity index (χ3n) is 5.21. The van der Waals surface area contributed by atoms with E-state index >= 15 is 4.39 Å². The van der Waals surface area contributed by atoms with Gasteiger partial charge in [0, 0.05) is 11.8 Å². The molecule has 1 saturated heterocycles. The van der Waals surface area contributed by atoms with Crippen LogP contribution < -0.4 is 20.9 Å². The smallest absolute Gasteiger partial charge is 0.330 e. The molecule has 0 unspecified atom stereocenters. The van der Waals surface area contributed by atoms with Gasteiger partial charge in [-0.15, -0.1) is 0 Å². The van der Waals surface area contributed by atoms with E-state index in [1.54, 1.807) is 44.2 Å². The van der Waals surface area contributed by atoms with Crippen molar-refractivity contribution in [1.82, 2.24) is 14.6 Å². The minimum Gasteiger partial charge on any atom is -0.462 e. The molecule has 37 heavy (non-hydrogen) atoms. The molecule has 0 amide bonds. The Kier molecular flexibility index (Phi) is 9.33. The minimum atomic E-state index is -3.52. The molecule has 1 aromatic heterocycles. The number of aliphatic hydroxyl groups is 1. The van der Waals surface area contributed by atoms with Crippen LogP contribution in [0.25, 0.3) is 0 Å². The summed E-state index contributed by atoms with van der Waals surface area (Å²) in [6, 6.07) is 7.48. The number of ether oxygens (including phenoxy) is 2. The van der Waals surface area contributed by atoms with Crippen LogP contribution in [0.2, 0.25) is 0 Å². The molecule has 0 saturated carbocycles. The van der Waals surface area contributed by atoms with Crippen LogP contribution in [0.3, 0.4) is 0 Å². The summed E-state index contributed by atoms with van der Waals surface area (Å²) in [5, 5.41) is 10.4. The van der Waals surface area contributed by atoms with Crippen molar-refractivity contribution in [1.29, 1.82) is 0 Å². The van der Waals surface area contributed by atoms with Gasteiger partial charge in [-0.3, -0.25) is 19.1 Å². The highest BCUT2D eigenvalue weighted by Gasteiger charge is 2.58. The van der Waals surface area contributed by atoms with Gasteiger partial charge in [0.05, 0.1) is 12.7 Å². The first-order valence-electron chi connectivity index (χ1n) is 11.2. The fraction of sp³-hybridized carbons (Fsp3) is 0.500. The first-order chi connectivity index (χ1) is 17.2. The molecular weight excluding hydrogens is 552 g/mol. The molecule has 11 nitrogen and oxygen atoms in total. The lowest BCUT2D eigenvalue weighted by Gasteiger charge is -2.28.